The Kier molecular flexibility index (Phi) is 5.52. The number of halogens is 3. The highest BCUT2D eigenvalue weighted by atomic mass is 32.2. The summed E-state index contributed by atoms with van der Waals surface area (Å²) in [5.74, 6) is -1.16. The monoisotopic (exact) mass is 384 g/mol. The minimum Gasteiger partial charge on any atom is -0.378 e. The lowest BCUT2D eigenvalue weighted by Gasteiger charge is -2.10. The maximum absolute atomic E-state index is 12.2. The molecule has 0 aromatic heterocycles. The van der Waals surface area contributed by atoms with E-state index in [1.165, 1.54) is 24.3 Å². The normalized spacial score (nSPS) is 11.5. The van der Waals surface area contributed by atoms with E-state index >= 15 is 0 Å². The number of nitrogens with zero attached hydrogens (tertiary/aromatic N) is 1. The van der Waals surface area contributed by atoms with E-state index < -0.39 is 28.7 Å². The lowest BCUT2D eigenvalue weighted by atomic mass is 10.2. The molecule has 0 radical (unpaired) electrons. The third-order valence-electron chi connectivity index (χ3n) is 3.06. The smallest absolute Gasteiger partial charge is 0.378 e. The molecule has 0 fully saturated rings. The molecule has 6 nitrogen and oxygen atoms in total. The largest absolute Gasteiger partial charge is 0.405 e. The first-order valence-corrected chi connectivity index (χ1v) is 8.42. The molecule has 0 bridgehead atoms. The van der Waals surface area contributed by atoms with Gasteiger partial charge in [-0.2, -0.15) is 26.9 Å². The van der Waals surface area contributed by atoms with E-state index in [9.17, 15) is 26.4 Å². The first kappa shape index (κ1) is 19.3. The molecule has 0 unspecified atom stereocenters. The van der Waals surface area contributed by atoms with E-state index in [2.05, 4.69) is 0 Å². The molecular formula is C16H11F3N2O4S. The highest BCUT2D eigenvalue weighted by molar-refractivity contribution is 7.87. The van der Waals surface area contributed by atoms with Crippen LogP contribution in [0.4, 0.5) is 13.2 Å². The summed E-state index contributed by atoms with van der Waals surface area (Å²) in [7, 11) is -4.29. The van der Waals surface area contributed by atoms with Crippen molar-refractivity contribution in [1.82, 2.24) is 5.32 Å². The van der Waals surface area contributed by atoms with Crippen LogP contribution in [0.25, 0.3) is 0 Å². The molecule has 1 N–H and O–H groups in total. The van der Waals surface area contributed by atoms with Gasteiger partial charge in [0.05, 0.1) is 5.56 Å². The van der Waals surface area contributed by atoms with Crippen LogP contribution in [0.3, 0.4) is 0 Å². The van der Waals surface area contributed by atoms with Gasteiger partial charge in [-0.05, 0) is 36.4 Å². The fourth-order valence-electron chi connectivity index (χ4n) is 1.85. The molecule has 0 saturated carbocycles. The lowest BCUT2D eigenvalue weighted by Crippen LogP contribution is -2.33. The number of rotatable bonds is 5. The summed E-state index contributed by atoms with van der Waals surface area (Å²) in [6.45, 7) is -1.50. The van der Waals surface area contributed by atoms with Gasteiger partial charge in [-0.25, -0.2) is 0 Å². The molecule has 0 spiro atoms. The summed E-state index contributed by atoms with van der Waals surface area (Å²) in [6, 6.07) is 11.6. The van der Waals surface area contributed by atoms with Gasteiger partial charge in [0.1, 0.15) is 17.5 Å². The summed E-state index contributed by atoms with van der Waals surface area (Å²) >= 11 is 0. The average molecular weight is 384 g/mol. The molecule has 0 saturated heterocycles. The van der Waals surface area contributed by atoms with Crippen LogP contribution in [0.5, 0.6) is 5.75 Å². The number of nitriles is 1. The molecule has 26 heavy (non-hydrogen) atoms. The number of amides is 1. The topological polar surface area (TPSA) is 96.3 Å². The van der Waals surface area contributed by atoms with E-state index in [0.717, 1.165) is 24.3 Å². The van der Waals surface area contributed by atoms with E-state index in [4.69, 9.17) is 9.44 Å². The Morgan fingerprint density at radius 2 is 1.73 bits per heavy atom. The number of hydrogen-bond donors (Lipinski definition) is 1. The minimum atomic E-state index is -4.55. The number of carbonyl (C=O) groups is 1. The van der Waals surface area contributed by atoms with Crippen LogP contribution >= 0.6 is 0 Å². The molecule has 0 atom stereocenters. The molecule has 0 aliphatic heterocycles. The first-order valence-electron chi connectivity index (χ1n) is 7.01. The summed E-state index contributed by atoms with van der Waals surface area (Å²) in [5, 5.41) is 10.6. The third kappa shape index (κ3) is 4.97. The Hall–Kier alpha value is -3.06. The van der Waals surface area contributed by atoms with Crippen molar-refractivity contribution in [3.8, 4) is 11.8 Å². The van der Waals surface area contributed by atoms with E-state index in [1.807, 2.05) is 0 Å². The van der Waals surface area contributed by atoms with E-state index in [0.29, 0.717) is 0 Å². The zero-order chi connectivity index (χ0) is 19.4. The fourth-order valence-corrected chi connectivity index (χ4v) is 2.80. The van der Waals surface area contributed by atoms with Crippen LogP contribution < -0.4 is 9.50 Å². The SMILES string of the molecule is N#Cc1ccccc1OS(=O)(=O)c1ccc(C(=O)NCC(F)(F)F)cc1. The Labute approximate surface area is 146 Å². The van der Waals surface area contributed by atoms with Crippen LogP contribution in [-0.2, 0) is 10.1 Å². The van der Waals surface area contributed by atoms with Crippen molar-refractivity contribution in [3.05, 3.63) is 59.7 Å². The zero-order valence-corrected chi connectivity index (χ0v) is 13.8. The second kappa shape index (κ2) is 7.45. The zero-order valence-electron chi connectivity index (χ0n) is 12.9. The highest BCUT2D eigenvalue weighted by Crippen LogP contribution is 2.22. The Morgan fingerprint density at radius 3 is 2.31 bits per heavy atom. The minimum absolute atomic E-state index is 0.0132. The van der Waals surface area contributed by atoms with Crippen molar-refractivity contribution in [2.45, 2.75) is 11.1 Å². The Bertz CT molecular complexity index is 949. The van der Waals surface area contributed by atoms with Crippen LogP contribution in [0, 0.1) is 11.3 Å². The average Bonchev–Trinajstić information content (AvgIpc) is 2.59. The van der Waals surface area contributed by atoms with Crippen LogP contribution in [-0.4, -0.2) is 27.0 Å². The Balaban J connectivity index is 2.16. The standard InChI is InChI=1S/C16H11F3N2O4S/c17-16(18,19)10-21-15(22)11-5-7-13(8-6-11)26(23,24)25-14-4-2-1-3-12(14)9-20/h1-8H,10H2,(H,21,22). The number of alkyl halides is 3. The van der Waals surface area contributed by atoms with Crippen LogP contribution in [0.1, 0.15) is 15.9 Å². The van der Waals surface area contributed by atoms with Gasteiger partial charge in [0.25, 0.3) is 5.91 Å². The van der Waals surface area contributed by atoms with Gasteiger partial charge in [-0.3, -0.25) is 4.79 Å². The molecule has 2 aromatic carbocycles. The lowest BCUT2D eigenvalue weighted by molar-refractivity contribution is -0.123. The van der Waals surface area contributed by atoms with Crippen molar-refractivity contribution in [3.63, 3.8) is 0 Å². The van der Waals surface area contributed by atoms with Crippen molar-refractivity contribution in [2.75, 3.05) is 6.54 Å². The molecule has 10 heteroatoms. The molecule has 2 rings (SSSR count). The molecule has 0 heterocycles. The second-order valence-electron chi connectivity index (χ2n) is 4.97. The summed E-state index contributed by atoms with van der Waals surface area (Å²) in [6.07, 6.45) is -4.55. The summed E-state index contributed by atoms with van der Waals surface area (Å²) in [4.78, 5) is 11.3. The van der Waals surface area contributed by atoms with Crippen molar-refractivity contribution in [2.24, 2.45) is 0 Å². The van der Waals surface area contributed by atoms with Crippen LogP contribution in [0.2, 0.25) is 0 Å². The fraction of sp³-hybridized carbons (Fsp3) is 0.125. The number of hydrogen-bond acceptors (Lipinski definition) is 5. The molecule has 2 aromatic rings. The molecule has 0 aliphatic rings. The highest BCUT2D eigenvalue weighted by Gasteiger charge is 2.28. The molecule has 1 amide bonds. The summed E-state index contributed by atoms with van der Waals surface area (Å²) in [5.41, 5.74) is -0.134. The van der Waals surface area contributed by atoms with Gasteiger partial charge in [0, 0.05) is 5.56 Å². The van der Waals surface area contributed by atoms with Gasteiger partial charge in [-0.15, -0.1) is 0 Å². The van der Waals surface area contributed by atoms with Gasteiger partial charge < -0.3 is 9.50 Å². The second-order valence-corrected chi connectivity index (χ2v) is 6.51. The maximum atomic E-state index is 12.2. The van der Waals surface area contributed by atoms with E-state index in [1.54, 1.807) is 11.4 Å². The van der Waals surface area contributed by atoms with Gasteiger partial charge in [-0.1, -0.05) is 12.1 Å². The predicted octanol–water partition coefficient (Wildman–Crippen LogP) is 2.62. The van der Waals surface area contributed by atoms with E-state index in [-0.39, 0.29) is 21.8 Å². The van der Waals surface area contributed by atoms with Crippen molar-refractivity contribution < 1.29 is 30.6 Å². The number of nitrogens with one attached hydrogen (secondary N) is 1. The third-order valence-corrected chi connectivity index (χ3v) is 4.31. The summed E-state index contributed by atoms with van der Waals surface area (Å²) < 4.78 is 65.6. The van der Waals surface area contributed by atoms with Gasteiger partial charge in [0.2, 0.25) is 0 Å². The van der Waals surface area contributed by atoms with Gasteiger partial charge in [0.15, 0.2) is 5.75 Å². The van der Waals surface area contributed by atoms with Crippen LogP contribution in [0.15, 0.2) is 53.4 Å². The van der Waals surface area contributed by atoms with Gasteiger partial charge >= 0.3 is 16.3 Å². The maximum Gasteiger partial charge on any atom is 0.405 e. The molecule has 136 valence electrons. The molecular weight excluding hydrogens is 373 g/mol. The first-order chi connectivity index (χ1) is 12.1. The molecule has 0 aliphatic carbocycles. The number of benzene rings is 2. The van der Waals surface area contributed by atoms with Crippen molar-refractivity contribution >= 4 is 16.0 Å². The quantitative estimate of drug-likeness (QED) is 0.800. The Morgan fingerprint density at radius 1 is 1.12 bits per heavy atom. The number of carbonyl (C=O) groups excluding carboxylic acids is 1. The predicted molar refractivity (Wildman–Crippen MR) is 83.8 cm³/mol. The van der Waals surface area contributed by atoms with Crippen molar-refractivity contribution in [1.29, 1.82) is 5.26 Å². The number of para-hydroxylation sites is 1.